The molecule has 1 aliphatic rings. The van der Waals surface area contributed by atoms with Gasteiger partial charge >= 0.3 is 6.18 Å². The standard InChI is InChI=1S/C16H18BrF3N6/c1-24(2)13-3-4-14(23-22-13)25-5-7-26(8-6-25)15-12(16(18,19)20)9-11(17)10-21-15/h3-4,9-10H,5-8H2,1-2H3. The van der Waals surface area contributed by atoms with Gasteiger partial charge in [0.25, 0.3) is 0 Å². The predicted molar refractivity (Wildman–Crippen MR) is 97.7 cm³/mol. The molecule has 0 saturated carbocycles. The minimum atomic E-state index is -4.45. The minimum absolute atomic E-state index is 0.0330. The van der Waals surface area contributed by atoms with Crippen molar-refractivity contribution in [3.8, 4) is 0 Å². The van der Waals surface area contributed by atoms with E-state index in [4.69, 9.17) is 0 Å². The first kappa shape index (κ1) is 18.7. The van der Waals surface area contributed by atoms with E-state index in [2.05, 4.69) is 31.1 Å². The normalized spacial score (nSPS) is 15.3. The first-order valence-corrected chi connectivity index (χ1v) is 8.78. The Hall–Kier alpha value is -2.10. The molecule has 1 fully saturated rings. The molecule has 0 aromatic carbocycles. The van der Waals surface area contributed by atoms with Gasteiger partial charge in [-0.05, 0) is 34.1 Å². The van der Waals surface area contributed by atoms with Gasteiger partial charge in [-0.2, -0.15) is 13.2 Å². The SMILES string of the molecule is CN(C)c1ccc(N2CCN(c3ncc(Br)cc3C(F)(F)F)CC2)nn1. The van der Waals surface area contributed by atoms with Crippen LogP contribution in [0.4, 0.5) is 30.6 Å². The summed E-state index contributed by atoms with van der Waals surface area (Å²) in [5, 5.41) is 8.34. The number of piperazine rings is 1. The van der Waals surface area contributed by atoms with Crippen LogP contribution in [-0.4, -0.2) is 55.5 Å². The van der Waals surface area contributed by atoms with Crippen LogP contribution >= 0.6 is 15.9 Å². The molecule has 0 bridgehead atoms. The highest BCUT2D eigenvalue weighted by molar-refractivity contribution is 9.10. The van der Waals surface area contributed by atoms with E-state index < -0.39 is 11.7 Å². The number of halogens is 4. The van der Waals surface area contributed by atoms with Crippen LogP contribution in [0.5, 0.6) is 0 Å². The number of pyridine rings is 1. The lowest BCUT2D eigenvalue weighted by Crippen LogP contribution is -2.47. The van der Waals surface area contributed by atoms with E-state index in [0.717, 1.165) is 17.7 Å². The van der Waals surface area contributed by atoms with E-state index in [0.29, 0.717) is 30.7 Å². The smallest absolute Gasteiger partial charge is 0.361 e. The summed E-state index contributed by atoms with van der Waals surface area (Å²) in [6, 6.07) is 4.81. The summed E-state index contributed by atoms with van der Waals surface area (Å²) in [5.41, 5.74) is -0.726. The van der Waals surface area contributed by atoms with Crippen molar-refractivity contribution in [3.05, 3.63) is 34.4 Å². The summed E-state index contributed by atoms with van der Waals surface area (Å²) in [4.78, 5) is 9.53. The van der Waals surface area contributed by atoms with Gasteiger partial charge in [-0.3, -0.25) is 0 Å². The van der Waals surface area contributed by atoms with Crippen molar-refractivity contribution in [3.63, 3.8) is 0 Å². The van der Waals surface area contributed by atoms with Gasteiger partial charge in [0.2, 0.25) is 0 Å². The van der Waals surface area contributed by atoms with Crippen LogP contribution in [0.25, 0.3) is 0 Å². The Morgan fingerprint density at radius 2 is 1.69 bits per heavy atom. The Balaban J connectivity index is 1.73. The maximum absolute atomic E-state index is 13.3. The van der Waals surface area contributed by atoms with E-state index in [1.807, 2.05) is 36.0 Å². The monoisotopic (exact) mass is 430 g/mol. The molecule has 0 amide bonds. The lowest BCUT2D eigenvalue weighted by Gasteiger charge is -2.36. The van der Waals surface area contributed by atoms with Gasteiger partial charge in [0, 0.05) is 50.9 Å². The summed E-state index contributed by atoms with van der Waals surface area (Å²) in [6.07, 6.45) is -3.06. The fourth-order valence-electron chi connectivity index (χ4n) is 2.77. The molecule has 0 N–H and O–H groups in total. The van der Waals surface area contributed by atoms with Crippen molar-refractivity contribution in [1.29, 1.82) is 0 Å². The first-order valence-electron chi connectivity index (χ1n) is 7.99. The fraction of sp³-hybridized carbons (Fsp3) is 0.438. The number of alkyl halides is 3. The van der Waals surface area contributed by atoms with Gasteiger partial charge in [-0.15, -0.1) is 10.2 Å². The Morgan fingerprint density at radius 1 is 1.04 bits per heavy atom. The number of hydrogen-bond donors (Lipinski definition) is 0. The van der Waals surface area contributed by atoms with Crippen molar-refractivity contribution in [2.45, 2.75) is 6.18 Å². The summed E-state index contributed by atoms with van der Waals surface area (Å²) < 4.78 is 40.2. The van der Waals surface area contributed by atoms with E-state index in [1.54, 1.807) is 4.90 Å². The van der Waals surface area contributed by atoms with Crippen LogP contribution in [0.3, 0.4) is 0 Å². The molecule has 140 valence electrons. The number of rotatable bonds is 3. The highest BCUT2D eigenvalue weighted by atomic mass is 79.9. The molecule has 1 saturated heterocycles. The van der Waals surface area contributed by atoms with Crippen LogP contribution in [0.1, 0.15) is 5.56 Å². The first-order chi connectivity index (χ1) is 12.3. The van der Waals surface area contributed by atoms with E-state index >= 15 is 0 Å². The minimum Gasteiger partial charge on any atom is -0.361 e. The average Bonchev–Trinajstić information content (AvgIpc) is 2.61. The molecule has 0 aliphatic carbocycles. The summed E-state index contributed by atoms with van der Waals surface area (Å²) in [6.45, 7) is 1.94. The van der Waals surface area contributed by atoms with Crippen LogP contribution in [0.15, 0.2) is 28.9 Å². The zero-order valence-corrected chi connectivity index (χ0v) is 15.9. The maximum Gasteiger partial charge on any atom is 0.419 e. The largest absolute Gasteiger partial charge is 0.419 e. The third-order valence-electron chi connectivity index (χ3n) is 4.14. The Bertz CT molecular complexity index is 758. The van der Waals surface area contributed by atoms with Gasteiger partial charge in [0.15, 0.2) is 11.6 Å². The second-order valence-electron chi connectivity index (χ2n) is 6.14. The fourth-order valence-corrected chi connectivity index (χ4v) is 3.10. The quantitative estimate of drug-likeness (QED) is 0.745. The number of hydrogen-bond acceptors (Lipinski definition) is 6. The molecule has 3 rings (SSSR count). The summed E-state index contributed by atoms with van der Waals surface area (Å²) in [7, 11) is 3.76. The molecular weight excluding hydrogens is 413 g/mol. The molecule has 0 unspecified atom stereocenters. The van der Waals surface area contributed by atoms with Crippen molar-refractivity contribution < 1.29 is 13.2 Å². The Labute approximate surface area is 157 Å². The second kappa shape index (κ2) is 7.26. The molecule has 3 heterocycles. The predicted octanol–water partition coefficient (Wildman–Crippen LogP) is 3.05. The van der Waals surface area contributed by atoms with Crippen LogP contribution in [0.2, 0.25) is 0 Å². The highest BCUT2D eigenvalue weighted by Gasteiger charge is 2.36. The third-order valence-corrected chi connectivity index (χ3v) is 4.57. The number of aromatic nitrogens is 3. The van der Waals surface area contributed by atoms with Gasteiger partial charge in [0.05, 0.1) is 5.56 Å². The molecular formula is C16H18BrF3N6. The highest BCUT2D eigenvalue weighted by Crippen LogP contribution is 2.37. The molecule has 10 heteroatoms. The lowest BCUT2D eigenvalue weighted by molar-refractivity contribution is -0.137. The van der Waals surface area contributed by atoms with Gasteiger partial charge in [-0.25, -0.2) is 4.98 Å². The Morgan fingerprint density at radius 3 is 2.23 bits per heavy atom. The van der Waals surface area contributed by atoms with Crippen LogP contribution < -0.4 is 14.7 Å². The zero-order chi connectivity index (χ0) is 18.9. The van der Waals surface area contributed by atoms with Crippen molar-refractivity contribution >= 4 is 33.4 Å². The topological polar surface area (TPSA) is 48.4 Å². The van der Waals surface area contributed by atoms with Crippen LogP contribution in [-0.2, 0) is 6.18 Å². The third kappa shape index (κ3) is 4.00. The molecule has 0 atom stereocenters. The van der Waals surface area contributed by atoms with E-state index in [9.17, 15) is 13.2 Å². The second-order valence-corrected chi connectivity index (χ2v) is 7.06. The van der Waals surface area contributed by atoms with Gasteiger partial charge in [-0.1, -0.05) is 0 Å². The zero-order valence-electron chi connectivity index (χ0n) is 14.3. The summed E-state index contributed by atoms with van der Waals surface area (Å²) in [5.74, 6) is 1.44. The molecule has 6 nitrogen and oxygen atoms in total. The van der Waals surface area contributed by atoms with Crippen LogP contribution in [0, 0.1) is 0 Å². The van der Waals surface area contributed by atoms with Crippen molar-refractivity contribution in [2.75, 3.05) is 55.0 Å². The van der Waals surface area contributed by atoms with Crippen molar-refractivity contribution in [2.24, 2.45) is 0 Å². The van der Waals surface area contributed by atoms with Crippen molar-refractivity contribution in [1.82, 2.24) is 15.2 Å². The summed E-state index contributed by atoms with van der Waals surface area (Å²) >= 11 is 3.06. The van der Waals surface area contributed by atoms with Gasteiger partial charge < -0.3 is 14.7 Å². The average molecular weight is 431 g/mol. The Kier molecular flexibility index (Phi) is 5.22. The molecule has 2 aromatic heterocycles. The van der Waals surface area contributed by atoms with E-state index in [-0.39, 0.29) is 5.82 Å². The molecule has 26 heavy (non-hydrogen) atoms. The lowest BCUT2D eigenvalue weighted by atomic mass is 10.2. The van der Waals surface area contributed by atoms with Gasteiger partial charge in [0.1, 0.15) is 5.82 Å². The maximum atomic E-state index is 13.3. The molecule has 2 aromatic rings. The molecule has 0 spiro atoms. The molecule has 0 radical (unpaired) electrons. The number of anilines is 3. The molecule has 1 aliphatic heterocycles. The number of nitrogens with zero attached hydrogens (tertiary/aromatic N) is 6. The van der Waals surface area contributed by atoms with E-state index in [1.165, 1.54) is 6.20 Å².